The fourth-order valence-corrected chi connectivity index (χ4v) is 4.22. The minimum atomic E-state index is -1.19. The minimum absolute atomic E-state index is 0.820. The lowest BCUT2D eigenvalue weighted by Crippen LogP contribution is -2.17. The number of nitrogens with zero attached hydrogens (tertiary/aromatic N) is 1. The van der Waals surface area contributed by atoms with Gasteiger partial charge < -0.3 is 13.9 Å². The van der Waals surface area contributed by atoms with Crippen LogP contribution in [0.3, 0.4) is 0 Å². The molecule has 0 aliphatic carbocycles. The van der Waals surface area contributed by atoms with Crippen molar-refractivity contribution in [3.8, 4) is 22.6 Å². The van der Waals surface area contributed by atoms with Crippen molar-refractivity contribution in [2.45, 2.75) is 0 Å². The van der Waals surface area contributed by atoms with E-state index in [4.69, 9.17) is 9.05 Å². The Morgan fingerprint density at radius 2 is 1.46 bits per heavy atom. The average Bonchev–Trinajstić information content (AvgIpc) is 2.62. The normalized spacial score (nSPS) is 15.0. The number of para-hydroxylation sites is 1. The molecule has 3 nitrogen and oxygen atoms in total. The van der Waals surface area contributed by atoms with E-state index in [1.165, 1.54) is 5.56 Å². The number of fused-ring (bicyclic) bond motifs is 3. The molecule has 4 heteroatoms. The van der Waals surface area contributed by atoms with Crippen LogP contribution in [0, 0.1) is 0 Å². The zero-order valence-corrected chi connectivity index (χ0v) is 14.5. The first-order valence-corrected chi connectivity index (χ1v) is 9.02. The van der Waals surface area contributed by atoms with Gasteiger partial charge in [-0.2, -0.15) is 0 Å². The molecule has 1 unspecified atom stereocenters. The largest absolute Gasteiger partial charge is 0.435 e. The van der Waals surface area contributed by atoms with Gasteiger partial charge >= 0.3 is 8.38 Å². The van der Waals surface area contributed by atoms with Crippen LogP contribution in [0.2, 0.25) is 0 Å². The van der Waals surface area contributed by atoms with Gasteiger partial charge in [-0.1, -0.05) is 36.4 Å². The average molecular weight is 335 g/mol. The van der Waals surface area contributed by atoms with E-state index < -0.39 is 8.38 Å². The Hall–Kier alpha value is -2.51. The zero-order chi connectivity index (χ0) is 16.5. The van der Waals surface area contributed by atoms with Crippen molar-refractivity contribution in [1.82, 2.24) is 0 Å². The molecule has 0 aromatic heterocycles. The Kier molecular flexibility index (Phi) is 3.87. The minimum Gasteiger partial charge on any atom is -0.435 e. The molecule has 0 spiro atoms. The van der Waals surface area contributed by atoms with E-state index in [-0.39, 0.29) is 0 Å². The van der Waals surface area contributed by atoms with Crippen molar-refractivity contribution < 1.29 is 9.05 Å². The van der Waals surface area contributed by atoms with Crippen LogP contribution in [0.25, 0.3) is 11.1 Å². The summed E-state index contributed by atoms with van der Waals surface area (Å²) in [6.07, 6.45) is 0. The second-order valence-electron chi connectivity index (χ2n) is 5.84. The third-order valence-electron chi connectivity index (χ3n) is 4.00. The molecule has 0 radical (unpaired) electrons. The van der Waals surface area contributed by atoms with Crippen molar-refractivity contribution in [3.05, 3.63) is 72.8 Å². The summed E-state index contributed by atoms with van der Waals surface area (Å²) < 4.78 is 12.4. The fraction of sp³-hybridized carbons (Fsp3) is 0.100. The van der Waals surface area contributed by atoms with E-state index in [9.17, 15) is 0 Å². The lowest BCUT2D eigenvalue weighted by atomic mass is 10.0. The van der Waals surface area contributed by atoms with Gasteiger partial charge in [0.15, 0.2) is 0 Å². The molecule has 24 heavy (non-hydrogen) atoms. The predicted molar refractivity (Wildman–Crippen MR) is 100 cm³/mol. The number of hydrogen-bond donors (Lipinski definition) is 0. The molecule has 3 aromatic carbocycles. The van der Waals surface area contributed by atoms with Crippen molar-refractivity contribution >= 4 is 19.4 Å². The highest BCUT2D eigenvalue weighted by Gasteiger charge is 2.28. The van der Waals surface area contributed by atoms with Crippen LogP contribution in [0.15, 0.2) is 72.8 Å². The third kappa shape index (κ3) is 2.72. The Balaban J connectivity index is 1.67. The summed E-state index contributed by atoms with van der Waals surface area (Å²) in [5.74, 6) is 1.70. The summed E-state index contributed by atoms with van der Waals surface area (Å²) in [7, 11) is 2.86. The van der Waals surface area contributed by atoms with Gasteiger partial charge in [0.2, 0.25) is 0 Å². The van der Waals surface area contributed by atoms with Gasteiger partial charge in [-0.3, -0.25) is 0 Å². The molecule has 3 aromatic rings. The monoisotopic (exact) mass is 335 g/mol. The van der Waals surface area contributed by atoms with Crippen molar-refractivity contribution in [3.63, 3.8) is 0 Å². The smallest absolute Gasteiger partial charge is 0.326 e. The van der Waals surface area contributed by atoms with E-state index in [0.717, 1.165) is 28.1 Å². The van der Waals surface area contributed by atoms with Crippen molar-refractivity contribution in [2.24, 2.45) is 0 Å². The number of anilines is 1. The maximum absolute atomic E-state index is 6.20. The van der Waals surface area contributed by atoms with E-state index in [1.807, 2.05) is 50.5 Å². The third-order valence-corrected chi connectivity index (χ3v) is 5.52. The van der Waals surface area contributed by atoms with Crippen LogP contribution in [0.1, 0.15) is 0 Å². The molecule has 0 bridgehead atoms. The predicted octanol–water partition coefficient (Wildman–Crippen LogP) is 4.83. The molecule has 0 amide bonds. The van der Waals surface area contributed by atoms with Crippen molar-refractivity contribution in [2.75, 3.05) is 19.0 Å². The van der Waals surface area contributed by atoms with Crippen LogP contribution < -0.4 is 19.3 Å². The van der Waals surface area contributed by atoms with Crippen molar-refractivity contribution in [1.29, 1.82) is 0 Å². The van der Waals surface area contributed by atoms with Gasteiger partial charge in [-0.25, -0.2) is 0 Å². The quantitative estimate of drug-likeness (QED) is 0.640. The standard InChI is InChI=1S/C20H18NO2P/c1-21(2)15-11-13-16(14-12-15)22-24-20-10-6-4-8-18(20)17-7-3-5-9-19(17)23-24/h3-14H,1-2H3. The number of hydrogen-bond acceptors (Lipinski definition) is 3. The summed E-state index contributed by atoms with van der Waals surface area (Å²) >= 11 is 0. The Labute approximate surface area is 143 Å². The molecule has 1 atom stereocenters. The number of rotatable bonds is 3. The Bertz CT molecular complexity index is 862. The fourth-order valence-electron chi connectivity index (χ4n) is 2.74. The summed E-state index contributed by atoms with van der Waals surface area (Å²) in [5, 5.41) is 1.11. The molecular weight excluding hydrogens is 317 g/mol. The van der Waals surface area contributed by atoms with Crippen LogP contribution >= 0.6 is 8.38 Å². The summed E-state index contributed by atoms with van der Waals surface area (Å²) in [4.78, 5) is 2.07. The lowest BCUT2D eigenvalue weighted by molar-refractivity contribution is 0.500. The molecule has 0 saturated heterocycles. The maximum Gasteiger partial charge on any atom is 0.326 e. The number of benzene rings is 3. The first-order chi connectivity index (χ1) is 11.7. The second-order valence-corrected chi connectivity index (χ2v) is 7.20. The van der Waals surface area contributed by atoms with Gasteiger partial charge in [0, 0.05) is 25.3 Å². The highest BCUT2D eigenvalue weighted by molar-refractivity contribution is 7.57. The van der Waals surface area contributed by atoms with Gasteiger partial charge in [0.25, 0.3) is 0 Å². The molecule has 0 saturated carbocycles. The first kappa shape index (κ1) is 15.0. The highest BCUT2D eigenvalue weighted by Crippen LogP contribution is 2.49. The first-order valence-electron chi connectivity index (χ1n) is 7.84. The van der Waals surface area contributed by atoms with Crippen LogP contribution in [-0.4, -0.2) is 14.1 Å². The second kappa shape index (κ2) is 6.18. The summed E-state index contributed by atoms with van der Waals surface area (Å²) in [6.45, 7) is 0. The van der Waals surface area contributed by atoms with Gasteiger partial charge in [-0.05, 0) is 42.0 Å². The molecule has 1 aliphatic rings. The molecule has 1 heterocycles. The van der Waals surface area contributed by atoms with E-state index >= 15 is 0 Å². The zero-order valence-electron chi connectivity index (χ0n) is 13.6. The highest BCUT2D eigenvalue weighted by atomic mass is 31.2. The van der Waals surface area contributed by atoms with E-state index in [2.05, 4.69) is 41.3 Å². The molecule has 4 rings (SSSR count). The van der Waals surface area contributed by atoms with Gasteiger partial charge in [0.1, 0.15) is 11.5 Å². The topological polar surface area (TPSA) is 21.7 Å². The molecule has 0 N–H and O–H groups in total. The Morgan fingerprint density at radius 3 is 2.21 bits per heavy atom. The SMILES string of the molecule is CN(C)c1ccc(OP2Oc3ccccc3-c3ccccc32)cc1. The Morgan fingerprint density at radius 1 is 0.792 bits per heavy atom. The summed E-state index contributed by atoms with van der Waals surface area (Å²) in [5.41, 5.74) is 3.46. The van der Waals surface area contributed by atoms with E-state index in [0.29, 0.717) is 0 Å². The van der Waals surface area contributed by atoms with E-state index in [1.54, 1.807) is 0 Å². The van der Waals surface area contributed by atoms with Crippen LogP contribution in [-0.2, 0) is 0 Å². The maximum atomic E-state index is 6.20. The lowest BCUT2D eigenvalue weighted by Gasteiger charge is -2.27. The summed E-state index contributed by atoms with van der Waals surface area (Å²) in [6, 6.07) is 24.5. The molecular formula is C20H18NO2P. The van der Waals surface area contributed by atoms with Gasteiger partial charge in [0.05, 0.1) is 5.30 Å². The van der Waals surface area contributed by atoms with Gasteiger partial charge in [-0.15, -0.1) is 0 Å². The molecule has 120 valence electrons. The van der Waals surface area contributed by atoms with Crippen LogP contribution in [0.5, 0.6) is 11.5 Å². The van der Waals surface area contributed by atoms with Crippen LogP contribution in [0.4, 0.5) is 5.69 Å². The molecule has 1 aliphatic heterocycles. The molecule has 0 fully saturated rings.